The van der Waals surface area contributed by atoms with Crippen LogP contribution in [0.2, 0.25) is 0 Å². The van der Waals surface area contributed by atoms with E-state index in [-0.39, 0.29) is 17.9 Å². The minimum atomic E-state index is -3.52. The number of amides is 2. The lowest BCUT2D eigenvalue weighted by Gasteiger charge is -2.32. The van der Waals surface area contributed by atoms with Gasteiger partial charge in [0.2, 0.25) is 0 Å². The molecule has 4 N–H and O–H groups in total. The molecular weight excluding hydrogens is 456 g/mol. The third-order valence-electron chi connectivity index (χ3n) is 6.89. The Balaban J connectivity index is 1.40. The van der Waals surface area contributed by atoms with Gasteiger partial charge in [0.05, 0.1) is 6.61 Å². The van der Waals surface area contributed by atoms with Gasteiger partial charge in [-0.15, -0.1) is 0 Å². The van der Waals surface area contributed by atoms with Crippen LogP contribution in [-0.4, -0.2) is 72.3 Å². The molecule has 0 spiro atoms. The van der Waals surface area contributed by atoms with Crippen LogP contribution < -0.4 is 16.2 Å². The number of aryl methyl sites for hydroxylation is 1. The first-order valence-electron chi connectivity index (χ1n) is 12.4. The number of guanidine groups is 1. The fraction of sp³-hybridized carbons (Fsp3) is 0.640. The van der Waals surface area contributed by atoms with E-state index in [1.54, 1.807) is 4.90 Å². The average Bonchev–Trinajstić information content (AvgIpc) is 3.30. The first-order valence-corrected chi connectivity index (χ1v) is 12.4. The maximum atomic E-state index is 13.0. The molecular formula is C25H37F2N5O3. The molecule has 2 fully saturated rings. The van der Waals surface area contributed by atoms with Crippen LogP contribution in [0.4, 0.5) is 8.78 Å². The topological polar surface area (TPSA) is 114 Å². The van der Waals surface area contributed by atoms with Gasteiger partial charge < -0.3 is 26.0 Å². The second kappa shape index (κ2) is 11.8. The van der Waals surface area contributed by atoms with Crippen LogP contribution in [0, 0.1) is 12.8 Å². The Bertz CT molecular complexity index is 926. The molecule has 2 aliphatic rings. The summed E-state index contributed by atoms with van der Waals surface area (Å²) in [5.41, 5.74) is 13.1. The normalized spacial score (nSPS) is 19.8. The Morgan fingerprint density at radius 2 is 1.91 bits per heavy atom. The van der Waals surface area contributed by atoms with Crippen molar-refractivity contribution in [1.82, 2.24) is 9.80 Å². The Hall–Kier alpha value is -2.75. The van der Waals surface area contributed by atoms with Crippen molar-refractivity contribution < 1.29 is 23.1 Å². The number of nitrogens with zero attached hydrogens (tertiary/aromatic N) is 3. The zero-order valence-electron chi connectivity index (χ0n) is 20.6. The van der Waals surface area contributed by atoms with Crippen LogP contribution in [0.15, 0.2) is 23.2 Å². The first kappa shape index (κ1) is 26.8. The van der Waals surface area contributed by atoms with E-state index in [0.717, 1.165) is 56.4 Å². The van der Waals surface area contributed by atoms with E-state index in [4.69, 9.17) is 16.2 Å². The van der Waals surface area contributed by atoms with E-state index in [0.29, 0.717) is 44.6 Å². The predicted octanol–water partition coefficient (Wildman–Crippen LogP) is 2.93. The van der Waals surface area contributed by atoms with Gasteiger partial charge in [0.15, 0.2) is 5.96 Å². The Morgan fingerprint density at radius 3 is 2.54 bits per heavy atom. The fourth-order valence-corrected chi connectivity index (χ4v) is 4.75. The van der Waals surface area contributed by atoms with Crippen molar-refractivity contribution >= 4 is 17.8 Å². The molecule has 2 aliphatic heterocycles. The van der Waals surface area contributed by atoms with Crippen molar-refractivity contribution in [2.45, 2.75) is 64.3 Å². The number of likely N-dealkylation sites (tertiary alicyclic amines) is 2. The van der Waals surface area contributed by atoms with Crippen LogP contribution >= 0.6 is 0 Å². The first-order chi connectivity index (χ1) is 16.6. The number of rotatable bonds is 8. The second-order valence-electron chi connectivity index (χ2n) is 9.59. The Morgan fingerprint density at radius 1 is 1.20 bits per heavy atom. The molecule has 2 amide bonds. The van der Waals surface area contributed by atoms with Crippen LogP contribution in [0.3, 0.4) is 0 Å². The highest BCUT2D eigenvalue weighted by Gasteiger charge is 2.33. The molecule has 194 valence electrons. The summed E-state index contributed by atoms with van der Waals surface area (Å²) in [6.07, 6.45) is 5.50. The van der Waals surface area contributed by atoms with Gasteiger partial charge in [0, 0.05) is 44.7 Å². The predicted molar refractivity (Wildman–Crippen MR) is 131 cm³/mol. The largest absolute Gasteiger partial charge is 0.494 e. The molecule has 1 aromatic rings. The molecule has 8 nitrogen and oxygen atoms in total. The smallest absolute Gasteiger partial charge is 0.324 e. The number of hydrogen-bond acceptors (Lipinski definition) is 4. The Kier molecular flexibility index (Phi) is 9.04. The zero-order valence-corrected chi connectivity index (χ0v) is 20.6. The fourth-order valence-electron chi connectivity index (χ4n) is 4.75. The van der Waals surface area contributed by atoms with Crippen molar-refractivity contribution in [3.8, 4) is 5.75 Å². The summed E-state index contributed by atoms with van der Waals surface area (Å²) in [6.45, 7) is 5.42. The molecule has 2 heterocycles. The lowest BCUT2D eigenvalue weighted by molar-refractivity contribution is -0.139. The molecule has 0 saturated carbocycles. The highest BCUT2D eigenvalue weighted by atomic mass is 19.3. The SMILES string of the molecule is Cc1cc(OCCCC2CCN(C(N)=NC(=O)C(C)(F)F)CC2)ccc1C(=O)N1CCCC1CN. The maximum absolute atomic E-state index is 13.0. The summed E-state index contributed by atoms with van der Waals surface area (Å²) in [6, 6.07) is 5.70. The van der Waals surface area contributed by atoms with Gasteiger partial charge in [-0.05, 0) is 75.1 Å². The number of ether oxygens (including phenoxy) is 1. The summed E-state index contributed by atoms with van der Waals surface area (Å²) in [7, 11) is 0. The van der Waals surface area contributed by atoms with Crippen LogP contribution in [0.5, 0.6) is 5.75 Å². The minimum absolute atomic E-state index is 0.0341. The van der Waals surface area contributed by atoms with Crippen LogP contribution in [0.25, 0.3) is 0 Å². The number of benzene rings is 1. The molecule has 1 aromatic carbocycles. The van der Waals surface area contributed by atoms with Crippen molar-refractivity contribution in [2.75, 3.05) is 32.8 Å². The summed E-state index contributed by atoms with van der Waals surface area (Å²) in [5, 5.41) is 0. The quantitative estimate of drug-likeness (QED) is 0.327. The number of nitrogens with two attached hydrogens (primary N) is 2. The highest BCUT2D eigenvalue weighted by Crippen LogP contribution is 2.25. The number of piperidine rings is 1. The highest BCUT2D eigenvalue weighted by molar-refractivity contribution is 5.96. The number of carbonyl (C=O) groups is 2. The summed E-state index contributed by atoms with van der Waals surface area (Å²) >= 11 is 0. The maximum Gasteiger partial charge on any atom is 0.324 e. The molecule has 1 atom stereocenters. The van der Waals surface area contributed by atoms with Crippen molar-refractivity contribution in [1.29, 1.82) is 0 Å². The van der Waals surface area contributed by atoms with E-state index in [9.17, 15) is 18.4 Å². The molecule has 0 aromatic heterocycles. The summed E-state index contributed by atoms with van der Waals surface area (Å²) < 4.78 is 31.9. The molecule has 1 unspecified atom stereocenters. The number of hydrogen-bond donors (Lipinski definition) is 2. The molecule has 2 saturated heterocycles. The van der Waals surface area contributed by atoms with Gasteiger partial charge in [-0.3, -0.25) is 9.59 Å². The summed E-state index contributed by atoms with van der Waals surface area (Å²) in [5.74, 6) is -3.92. The van der Waals surface area contributed by atoms with Crippen molar-refractivity contribution in [3.05, 3.63) is 29.3 Å². The summed E-state index contributed by atoms with van der Waals surface area (Å²) in [4.78, 5) is 31.2. The standard InChI is InChI=1S/C25H37F2N5O3/c1-17-15-20(7-8-21(17)22(33)32-11-3-6-19(32)16-28)35-14-4-5-18-9-12-31(13-10-18)24(29)30-23(34)25(2,26)27/h7-8,15,18-19H,3-6,9-14,16,28H2,1-2H3,(H2,29,30,34). The van der Waals surface area contributed by atoms with Gasteiger partial charge in [0.25, 0.3) is 5.91 Å². The molecule has 0 aliphatic carbocycles. The molecule has 3 rings (SSSR count). The zero-order chi connectivity index (χ0) is 25.6. The number of alkyl halides is 2. The minimum Gasteiger partial charge on any atom is -0.494 e. The van der Waals surface area contributed by atoms with Crippen LogP contribution in [0.1, 0.15) is 61.4 Å². The number of carbonyl (C=O) groups excluding carboxylic acids is 2. The number of aliphatic imine (C=N–C) groups is 1. The molecule has 35 heavy (non-hydrogen) atoms. The Labute approximate surface area is 205 Å². The molecule has 0 bridgehead atoms. The second-order valence-corrected chi connectivity index (χ2v) is 9.59. The van der Waals surface area contributed by atoms with Crippen LogP contribution in [-0.2, 0) is 4.79 Å². The third-order valence-corrected chi connectivity index (χ3v) is 6.89. The monoisotopic (exact) mass is 493 g/mol. The van der Waals surface area contributed by atoms with Crippen molar-refractivity contribution in [3.63, 3.8) is 0 Å². The van der Waals surface area contributed by atoms with E-state index in [1.165, 1.54) is 0 Å². The van der Waals surface area contributed by atoms with Crippen molar-refractivity contribution in [2.24, 2.45) is 22.4 Å². The van der Waals surface area contributed by atoms with Gasteiger partial charge in [-0.1, -0.05) is 0 Å². The van der Waals surface area contributed by atoms with Gasteiger partial charge in [-0.2, -0.15) is 13.8 Å². The lowest BCUT2D eigenvalue weighted by atomic mass is 9.92. The van der Waals surface area contributed by atoms with E-state index in [2.05, 4.69) is 4.99 Å². The third kappa shape index (κ3) is 7.13. The van der Waals surface area contributed by atoms with Gasteiger partial charge in [0.1, 0.15) is 5.75 Å². The lowest BCUT2D eigenvalue weighted by Crippen LogP contribution is -2.44. The number of halogens is 2. The van der Waals surface area contributed by atoms with E-state index >= 15 is 0 Å². The van der Waals surface area contributed by atoms with E-state index < -0.39 is 11.8 Å². The molecule has 0 radical (unpaired) electrons. The molecule has 10 heteroatoms. The van der Waals surface area contributed by atoms with E-state index in [1.807, 2.05) is 30.0 Å². The van der Waals surface area contributed by atoms with Gasteiger partial charge in [-0.25, -0.2) is 0 Å². The average molecular weight is 494 g/mol. The van der Waals surface area contributed by atoms with Gasteiger partial charge >= 0.3 is 11.8 Å².